The number of anilines is 2. The van der Waals surface area contributed by atoms with E-state index in [1.807, 2.05) is 18.2 Å². The van der Waals surface area contributed by atoms with E-state index in [9.17, 15) is 28.0 Å². The molecule has 3 fully saturated rings. The first-order valence-corrected chi connectivity index (χ1v) is 17.4. The first-order chi connectivity index (χ1) is 25.1. The fraction of sp³-hybridized carbons (Fsp3) is 0.457. The zero-order valence-electron chi connectivity index (χ0n) is 28.7. The van der Waals surface area contributed by atoms with Gasteiger partial charge in [0, 0.05) is 57.5 Å². The van der Waals surface area contributed by atoms with Crippen LogP contribution in [0.2, 0.25) is 0 Å². The number of fused-ring (bicyclic) bond motifs is 2. The number of aryl methyl sites for hydroxylation is 1. The highest BCUT2D eigenvalue weighted by Crippen LogP contribution is 2.44. The number of amides is 3. The SMILES string of the molecule is CN(C[C@H]1C[C@H](c2nc(C(F)F)c(NC(=O)c3cnn4cccnc34)o2)C1)C1CCN(c2cccc3c2n(C)c(=O)n3C2CCC(=O)NC2=O)CC1. The topological polar surface area (TPSA) is 165 Å². The Morgan fingerprint density at radius 1 is 1.13 bits per heavy atom. The van der Waals surface area contributed by atoms with Crippen LogP contribution in [0.1, 0.15) is 78.9 Å². The standard InChI is InChI=1S/C35H38F2N10O5/c1-43(18-19-15-20(16-19)33-41-27(29(36)37)34(52-33)42-31(49)22-17-39-46-12-4-11-38-30(22)46)21-9-13-45(14-10-21)23-5-3-6-24-28(23)44(2)35(51)47(24)25-7-8-26(48)40-32(25)50/h3-6,11-12,17,19-21,25,29H,7-10,13-16,18H2,1-2H3,(H,42,49)(H,40,48,50)/t19-,20-,25?. The molecule has 1 unspecified atom stereocenters. The van der Waals surface area contributed by atoms with Gasteiger partial charge in [-0.05, 0) is 63.3 Å². The molecule has 0 spiro atoms. The minimum atomic E-state index is -2.93. The maximum Gasteiger partial charge on any atom is 0.329 e. The third-order valence-electron chi connectivity index (χ3n) is 10.8. The quantitative estimate of drug-likeness (QED) is 0.215. The van der Waals surface area contributed by atoms with Gasteiger partial charge < -0.3 is 14.2 Å². The van der Waals surface area contributed by atoms with Crippen LogP contribution in [0.3, 0.4) is 0 Å². The summed E-state index contributed by atoms with van der Waals surface area (Å²) in [5.74, 6) is -1.39. The van der Waals surface area contributed by atoms with Gasteiger partial charge in [0.05, 0.1) is 22.9 Å². The van der Waals surface area contributed by atoms with E-state index in [0.29, 0.717) is 23.1 Å². The molecule has 15 nitrogen and oxygen atoms in total. The first kappa shape index (κ1) is 33.7. The van der Waals surface area contributed by atoms with Gasteiger partial charge in [-0.3, -0.25) is 34.2 Å². The smallest absolute Gasteiger partial charge is 0.329 e. The van der Waals surface area contributed by atoms with E-state index in [1.54, 1.807) is 23.9 Å². The maximum absolute atomic E-state index is 13.9. The predicted octanol–water partition coefficient (Wildman–Crippen LogP) is 3.63. The van der Waals surface area contributed by atoms with E-state index >= 15 is 0 Å². The van der Waals surface area contributed by atoms with Crippen LogP contribution in [0.5, 0.6) is 0 Å². The number of para-hydroxylation sites is 1. The molecule has 17 heteroatoms. The van der Waals surface area contributed by atoms with Crippen molar-refractivity contribution in [1.82, 2.24) is 38.9 Å². The molecule has 3 aliphatic rings. The number of imide groups is 1. The van der Waals surface area contributed by atoms with Gasteiger partial charge in [0.25, 0.3) is 12.3 Å². The van der Waals surface area contributed by atoms with Crippen molar-refractivity contribution in [1.29, 1.82) is 0 Å². The summed E-state index contributed by atoms with van der Waals surface area (Å²) < 4.78 is 38.1. The zero-order valence-corrected chi connectivity index (χ0v) is 28.7. The summed E-state index contributed by atoms with van der Waals surface area (Å²) in [5.41, 5.74) is 1.91. The van der Waals surface area contributed by atoms with Crippen LogP contribution < -0.4 is 21.2 Å². The number of carbonyl (C=O) groups excluding carboxylic acids is 3. The van der Waals surface area contributed by atoms with Crippen molar-refractivity contribution in [3.05, 3.63) is 70.5 Å². The van der Waals surface area contributed by atoms with E-state index in [1.165, 1.54) is 21.5 Å². The molecule has 5 aromatic rings. The number of nitrogens with one attached hydrogen (secondary N) is 2. The number of carbonyl (C=O) groups is 3. The molecule has 2 N–H and O–H groups in total. The second-order valence-corrected chi connectivity index (χ2v) is 14.0. The van der Waals surface area contributed by atoms with E-state index in [0.717, 1.165) is 56.5 Å². The first-order valence-electron chi connectivity index (χ1n) is 17.4. The second-order valence-electron chi connectivity index (χ2n) is 14.0. The Kier molecular flexibility index (Phi) is 8.59. The second kappa shape index (κ2) is 13.3. The average Bonchev–Trinajstić information content (AvgIpc) is 3.81. The van der Waals surface area contributed by atoms with Gasteiger partial charge in [-0.15, -0.1) is 0 Å². The number of piperidine rings is 2. The fourth-order valence-electron chi connectivity index (χ4n) is 8.01. The van der Waals surface area contributed by atoms with Gasteiger partial charge in [-0.1, -0.05) is 6.07 Å². The van der Waals surface area contributed by atoms with Gasteiger partial charge in [0.2, 0.25) is 23.6 Å². The van der Waals surface area contributed by atoms with Crippen LogP contribution in [0, 0.1) is 5.92 Å². The number of hydrogen-bond acceptors (Lipinski definition) is 10. The number of halogens is 2. The predicted molar refractivity (Wildman–Crippen MR) is 184 cm³/mol. The molecule has 0 radical (unpaired) electrons. The number of nitrogens with zero attached hydrogens (tertiary/aromatic N) is 8. The summed E-state index contributed by atoms with van der Waals surface area (Å²) in [6.45, 7) is 2.41. The molecule has 2 aliphatic heterocycles. The van der Waals surface area contributed by atoms with Crippen molar-refractivity contribution in [3.63, 3.8) is 0 Å². The van der Waals surface area contributed by atoms with Gasteiger partial charge in [-0.25, -0.2) is 28.1 Å². The van der Waals surface area contributed by atoms with Crippen LogP contribution >= 0.6 is 0 Å². The van der Waals surface area contributed by atoms with Crippen molar-refractivity contribution >= 4 is 46.0 Å². The van der Waals surface area contributed by atoms with E-state index in [2.05, 4.69) is 42.5 Å². The monoisotopic (exact) mass is 716 g/mol. The maximum atomic E-state index is 13.9. The third kappa shape index (κ3) is 5.91. The Balaban J connectivity index is 0.878. The third-order valence-corrected chi connectivity index (χ3v) is 10.8. The van der Waals surface area contributed by atoms with E-state index < -0.39 is 30.0 Å². The van der Waals surface area contributed by atoms with Crippen LogP contribution in [0.15, 0.2) is 52.1 Å². The number of imidazole rings is 1. The number of benzene rings is 1. The number of aromatic nitrogens is 6. The van der Waals surface area contributed by atoms with Crippen LogP contribution in [0.25, 0.3) is 16.7 Å². The molecular weight excluding hydrogens is 678 g/mol. The lowest BCUT2D eigenvalue weighted by atomic mass is 9.74. The highest BCUT2D eigenvalue weighted by Gasteiger charge is 2.38. The molecule has 2 saturated heterocycles. The van der Waals surface area contributed by atoms with Gasteiger partial charge in [-0.2, -0.15) is 5.10 Å². The molecule has 1 aromatic carbocycles. The molecule has 0 bridgehead atoms. The number of rotatable bonds is 9. The number of hydrogen-bond donors (Lipinski definition) is 2. The number of alkyl halides is 2. The minimum Gasteiger partial charge on any atom is -0.424 e. The largest absolute Gasteiger partial charge is 0.424 e. The van der Waals surface area contributed by atoms with Crippen molar-refractivity contribution < 1.29 is 27.6 Å². The Hall–Kier alpha value is -5.45. The van der Waals surface area contributed by atoms with Crippen molar-refractivity contribution in [3.8, 4) is 0 Å². The number of oxazole rings is 1. The molecule has 6 heterocycles. The van der Waals surface area contributed by atoms with Gasteiger partial charge in [0.15, 0.2) is 11.3 Å². The molecule has 52 heavy (non-hydrogen) atoms. The summed E-state index contributed by atoms with van der Waals surface area (Å²) in [4.78, 5) is 63.6. The fourth-order valence-corrected chi connectivity index (χ4v) is 8.01. The molecule has 8 rings (SSSR count). The molecule has 272 valence electrons. The summed E-state index contributed by atoms with van der Waals surface area (Å²) in [6.07, 6.45) is 5.29. The molecule has 4 aromatic heterocycles. The van der Waals surface area contributed by atoms with Gasteiger partial charge in [0.1, 0.15) is 11.6 Å². The summed E-state index contributed by atoms with van der Waals surface area (Å²) in [6, 6.07) is 7.02. The summed E-state index contributed by atoms with van der Waals surface area (Å²) in [7, 11) is 3.83. The highest BCUT2D eigenvalue weighted by atomic mass is 19.3. The molecule has 1 aliphatic carbocycles. The Morgan fingerprint density at radius 3 is 2.67 bits per heavy atom. The van der Waals surface area contributed by atoms with Crippen LogP contribution in [-0.4, -0.2) is 84.1 Å². The van der Waals surface area contributed by atoms with Crippen LogP contribution in [0.4, 0.5) is 20.4 Å². The lowest BCUT2D eigenvalue weighted by Gasteiger charge is -2.42. The summed E-state index contributed by atoms with van der Waals surface area (Å²) in [5, 5.41) is 8.89. The van der Waals surface area contributed by atoms with E-state index in [-0.39, 0.29) is 47.7 Å². The van der Waals surface area contributed by atoms with Crippen molar-refractivity contribution in [2.45, 2.75) is 63.0 Å². The lowest BCUT2D eigenvalue weighted by molar-refractivity contribution is -0.135. The summed E-state index contributed by atoms with van der Waals surface area (Å²) >= 11 is 0. The van der Waals surface area contributed by atoms with Crippen molar-refractivity contribution in [2.24, 2.45) is 13.0 Å². The van der Waals surface area contributed by atoms with Crippen molar-refractivity contribution in [2.75, 3.05) is 36.9 Å². The minimum absolute atomic E-state index is 0.123. The normalized spacial score (nSPS) is 21.3. The van der Waals surface area contributed by atoms with Gasteiger partial charge >= 0.3 is 5.69 Å². The van der Waals surface area contributed by atoms with Crippen LogP contribution in [-0.2, 0) is 16.6 Å². The molecule has 1 atom stereocenters. The molecule has 3 amide bonds. The Bertz CT molecular complexity index is 2240. The average molecular weight is 717 g/mol. The molecular formula is C35H38F2N10O5. The zero-order chi connectivity index (χ0) is 36.3. The lowest BCUT2D eigenvalue weighted by Crippen LogP contribution is -2.46. The molecule has 1 saturated carbocycles. The van der Waals surface area contributed by atoms with E-state index in [4.69, 9.17) is 4.42 Å². The Morgan fingerprint density at radius 2 is 1.92 bits per heavy atom. The Labute approximate surface area is 295 Å². The highest BCUT2D eigenvalue weighted by molar-refractivity contribution is 6.07.